The lowest BCUT2D eigenvalue weighted by molar-refractivity contribution is 0.144. The van der Waals surface area contributed by atoms with Gasteiger partial charge in [0.25, 0.3) is 0 Å². The van der Waals surface area contributed by atoms with Crippen LogP contribution in [0.25, 0.3) is 10.9 Å². The number of hydrogen-bond donors (Lipinski definition) is 0. The molecule has 2 rings (SSSR count). The van der Waals surface area contributed by atoms with Crippen LogP contribution in [-0.2, 0) is 4.74 Å². The molecule has 0 saturated heterocycles. The molecule has 0 spiro atoms. The van der Waals surface area contributed by atoms with Gasteiger partial charge in [0.05, 0.1) is 17.7 Å². The molecule has 4 nitrogen and oxygen atoms in total. The summed E-state index contributed by atoms with van der Waals surface area (Å²) in [7, 11) is 1.61. The van der Waals surface area contributed by atoms with Gasteiger partial charge in [-0.3, -0.25) is 0 Å². The zero-order valence-corrected chi connectivity index (χ0v) is 9.51. The predicted octanol–water partition coefficient (Wildman–Crippen LogP) is 2.13. The Balaban J connectivity index is 2.36. The Bertz CT molecular complexity index is 561. The maximum atomic E-state index is 9.07. The number of nitriles is 1. The molecular weight excluding hydrogens is 216 g/mol. The average Bonchev–Trinajstić information content (AvgIpc) is 2.38. The number of hydrogen-bond acceptors (Lipinski definition) is 4. The number of methoxy groups -OCH3 is 1. The molecule has 0 radical (unpaired) electrons. The summed E-state index contributed by atoms with van der Waals surface area (Å²) in [5, 5.41) is 9.92. The van der Waals surface area contributed by atoms with E-state index in [1.807, 2.05) is 24.3 Å². The summed E-state index contributed by atoms with van der Waals surface area (Å²) in [6.45, 7) is 0.920. The van der Waals surface area contributed by atoms with Crippen LogP contribution in [0.5, 0.6) is 5.88 Å². The topological polar surface area (TPSA) is 55.1 Å². The van der Waals surface area contributed by atoms with Crippen molar-refractivity contribution in [3.63, 3.8) is 0 Å². The second kappa shape index (κ2) is 5.28. The third-order valence-electron chi connectivity index (χ3n) is 2.35. The Hall–Kier alpha value is -2.12. The molecule has 86 valence electrons. The van der Waals surface area contributed by atoms with Crippen LogP contribution < -0.4 is 4.74 Å². The highest BCUT2D eigenvalue weighted by molar-refractivity contribution is 5.85. The minimum absolute atomic E-state index is 0.423. The van der Waals surface area contributed by atoms with E-state index in [0.29, 0.717) is 24.7 Å². The van der Waals surface area contributed by atoms with Crippen LogP contribution in [-0.4, -0.2) is 25.3 Å². The number of nitrogens with zero attached hydrogens (tertiary/aromatic N) is 2. The van der Waals surface area contributed by atoms with Gasteiger partial charge in [-0.05, 0) is 6.07 Å². The number of benzene rings is 1. The van der Waals surface area contributed by atoms with Crippen molar-refractivity contribution in [3.05, 3.63) is 35.9 Å². The lowest BCUT2D eigenvalue weighted by Crippen LogP contribution is -2.05. The monoisotopic (exact) mass is 228 g/mol. The van der Waals surface area contributed by atoms with Crippen LogP contribution in [0.4, 0.5) is 0 Å². The fraction of sp³-hybridized carbons (Fsp3) is 0.231. The summed E-state index contributed by atoms with van der Waals surface area (Å²) in [5.74, 6) is 0.456. The summed E-state index contributed by atoms with van der Waals surface area (Å²) >= 11 is 0. The number of pyridine rings is 1. The third-order valence-corrected chi connectivity index (χ3v) is 2.35. The average molecular weight is 228 g/mol. The van der Waals surface area contributed by atoms with E-state index in [1.54, 1.807) is 13.2 Å². The molecule has 17 heavy (non-hydrogen) atoms. The highest BCUT2D eigenvalue weighted by Crippen LogP contribution is 2.21. The molecule has 0 aliphatic heterocycles. The van der Waals surface area contributed by atoms with Crippen LogP contribution in [0.1, 0.15) is 5.56 Å². The van der Waals surface area contributed by atoms with Crippen molar-refractivity contribution in [3.8, 4) is 11.9 Å². The fourth-order valence-corrected chi connectivity index (χ4v) is 1.55. The standard InChI is InChI=1S/C13H12N2O2/c1-16-6-7-17-13-8-10(9-14)11-4-2-3-5-12(11)15-13/h2-5,8H,6-7H2,1H3. The summed E-state index contributed by atoms with van der Waals surface area (Å²) in [5.41, 5.74) is 1.34. The largest absolute Gasteiger partial charge is 0.475 e. The van der Waals surface area contributed by atoms with E-state index in [4.69, 9.17) is 14.7 Å². The number of rotatable bonds is 4. The maximum absolute atomic E-state index is 9.07. The van der Waals surface area contributed by atoms with Crippen molar-refractivity contribution >= 4 is 10.9 Å². The van der Waals surface area contributed by atoms with Crippen LogP contribution in [0, 0.1) is 11.3 Å². The van der Waals surface area contributed by atoms with Crippen molar-refractivity contribution in [2.45, 2.75) is 0 Å². The molecule has 0 atom stereocenters. The Labute approximate surface area is 99.4 Å². The highest BCUT2D eigenvalue weighted by Gasteiger charge is 2.05. The molecule has 1 aromatic heterocycles. The normalized spacial score (nSPS) is 10.1. The summed E-state index contributed by atoms with van der Waals surface area (Å²) in [6.07, 6.45) is 0. The van der Waals surface area contributed by atoms with Gasteiger partial charge in [0.15, 0.2) is 0 Å². The van der Waals surface area contributed by atoms with Gasteiger partial charge in [0, 0.05) is 18.6 Å². The summed E-state index contributed by atoms with van der Waals surface area (Å²) < 4.78 is 10.3. The van der Waals surface area contributed by atoms with Gasteiger partial charge in [-0.1, -0.05) is 18.2 Å². The molecular formula is C13H12N2O2. The smallest absolute Gasteiger partial charge is 0.215 e. The second-order valence-corrected chi connectivity index (χ2v) is 3.48. The Morgan fingerprint density at radius 2 is 2.12 bits per heavy atom. The number of para-hydroxylation sites is 1. The summed E-state index contributed by atoms with van der Waals surface area (Å²) in [4.78, 5) is 4.33. The zero-order chi connectivity index (χ0) is 12.1. The van der Waals surface area contributed by atoms with Crippen LogP contribution in [0.15, 0.2) is 30.3 Å². The van der Waals surface area contributed by atoms with E-state index < -0.39 is 0 Å². The predicted molar refractivity (Wildman–Crippen MR) is 63.8 cm³/mol. The van der Waals surface area contributed by atoms with Gasteiger partial charge >= 0.3 is 0 Å². The quantitative estimate of drug-likeness (QED) is 0.752. The Morgan fingerprint density at radius 1 is 1.29 bits per heavy atom. The van der Waals surface area contributed by atoms with Crippen LogP contribution in [0.2, 0.25) is 0 Å². The molecule has 2 aromatic rings. The molecule has 0 saturated carbocycles. The van der Waals surface area contributed by atoms with Crippen molar-refractivity contribution in [2.75, 3.05) is 20.3 Å². The van der Waals surface area contributed by atoms with Crippen molar-refractivity contribution in [1.29, 1.82) is 5.26 Å². The van der Waals surface area contributed by atoms with E-state index >= 15 is 0 Å². The van der Waals surface area contributed by atoms with Gasteiger partial charge in [0.2, 0.25) is 5.88 Å². The van der Waals surface area contributed by atoms with E-state index in [1.165, 1.54) is 0 Å². The van der Waals surface area contributed by atoms with Crippen molar-refractivity contribution in [2.24, 2.45) is 0 Å². The van der Waals surface area contributed by atoms with Crippen LogP contribution >= 0.6 is 0 Å². The minimum atomic E-state index is 0.423. The first kappa shape index (κ1) is 11.4. The number of fused-ring (bicyclic) bond motifs is 1. The van der Waals surface area contributed by atoms with E-state index in [9.17, 15) is 0 Å². The van der Waals surface area contributed by atoms with Gasteiger partial charge in [-0.25, -0.2) is 4.98 Å². The second-order valence-electron chi connectivity index (χ2n) is 3.48. The first-order valence-electron chi connectivity index (χ1n) is 5.27. The Kier molecular flexibility index (Phi) is 3.53. The van der Waals surface area contributed by atoms with Crippen LogP contribution in [0.3, 0.4) is 0 Å². The number of ether oxygens (including phenoxy) is 2. The first-order valence-corrected chi connectivity index (χ1v) is 5.27. The third kappa shape index (κ3) is 2.52. The molecule has 1 heterocycles. The molecule has 0 amide bonds. The van der Waals surface area contributed by atoms with Gasteiger partial charge in [0.1, 0.15) is 12.7 Å². The zero-order valence-electron chi connectivity index (χ0n) is 9.51. The molecule has 0 unspecified atom stereocenters. The fourth-order valence-electron chi connectivity index (χ4n) is 1.55. The van der Waals surface area contributed by atoms with E-state index in [0.717, 1.165) is 10.9 Å². The molecule has 1 aromatic carbocycles. The molecule has 4 heteroatoms. The maximum Gasteiger partial charge on any atom is 0.215 e. The van der Waals surface area contributed by atoms with E-state index in [2.05, 4.69) is 11.1 Å². The molecule has 0 N–H and O–H groups in total. The van der Waals surface area contributed by atoms with Gasteiger partial charge < -0.3 is 9.47 Å². The molecule has 0 aliphatic carbocycles. The lowest BCUT2D eigenvalue weighted by Gasteiger charge is -2.06. The van der Waals surface area contributed by atoms with Crippen molar-refractivity contribution in [1.82, 2.24) is 4.98 Å². The molecule has 0 bridgehead atoms. The molecule has 0 aliphatic rings. The summed E-state index contributed by atoms with van der Waals surface area (Å²) in [6, 6.07) is 11.3. The Morgan fingerprint density at radius 3 is 2.88 bits per heavy atom. The number of aromatic nitrogens is 1. The SMILES string of the molecule is COCCOc1cc(C#N)c2ccccc2n1. The highest BCUT2D eigenvalue weighted by atomic mass is 16.5. The minimum Gasteiger partial charge on any atom is -0.475 e. The van der Waals surface area contributed by atoms with Gasteiger partial charge in [-0.2, -0.15) is 5.26 Å². The van der Waals surface area contributed by atoms with E-state index in [-0.39, 0.29) is 0 Å². The van der Waals surface area contributed by atoms with Crippen molar-refractivity contribution < 1.29 is 9.47 Å². The molecule has 0 fully saturated rings. The first-order chi connectivity index (χ1) is 8.35. The van der Waals surface area contributed by atoms with Gasteiger partial charge in [-0.15, -0.1) is 0 Å². The lowest BCUT2D eigenvalue weighted by atomic mass is 10.1.